The number of amides is 1. The molecule has 0 aliphatic carbocycles. The molecule has 0 fully saturated rings. The molecule has 2 aromatic rings. The van der Waals surface area contributed by atoms with Gasteiger partial charge in [-0.05, 0) is 35.4 Å². The first kappa shape index (κ1) is 17.0. The second-order valence-corrected chi connectivity index (χ2v) is 5.30. The summed E-state index contributed by atoms with van der Waals surface area (Å²) >= 11 is 5.77. The van der Waals surface area contributed by atoms with Gasteiger partial charge in [0, 0.05) is 11.6 Å². The van der Waals surface area contributed by atoms with Crippen molar-refractivity contribution in [2.75, 3.05) is 6.61 Å². The third-order valence-electron chi connectivity index (χ3n) is 3.03. The van der Waals surface area contributed by atoms with Crippen LogP contribution in [-0.2, 0) is 27.3 Å². The molecule has 0 saturated carbocycles. The molecule has 0 unspecified atom stereocenters. The second-order valence-electron chi connectivity index (χ2n) is 4.87. The van der Waals surface area contributed by atoms with E-state index in [2.05, 4.69) is 5.32 Å². The van der Waals surface area contributed by atoms with E-state index in [0.717, 1.165) is 5.56 Å². The van der Waals surface area contributed by atoms with E-state index in [-0.39, 0.29) is 18.8 Å². The summed E-state index contributed by atoms with van der Waals surface area (Å²) in [5.41, 5.74) is 1.51. The fourth-order valence-electron chi connectivity index (χ4n) is 1.82. The van der Waals surface area contributed by atoms with Crippen molar-refractivity contribution < 1.29 is 18.7 Å². The standard InChI is InChI=1S/C17H15ClFNO3/c18-14-5-1-13(2-6-14)10-20-16(21)11-23-17(22)9-12-3-7-15(19)8-4-12/h1-8H,9-11H2,(H,20,21). The van der Waals surface area contributed by atoms with Crippen molar-refractivity contribution >= 4 is 23.5 Å². The lowest BCUT2D eigenvalue weighted by Crippen LogP contribution is -2.28. The highest BCUT2D eigenvalue weighted by Gasteiger charge is 2.08. The van der Waals surface area contributed by atoms with Gasteiger partial charge < -0.3 is 10.1 Å². The Hall–Kier alpha value is -2.40. The zero-order valence-electron chi connectivity index (χ0n) is 12.2. The van der Waals surface area contributed by atoms with Crippen molar-refractivity contribution in [2.24, 2.45) is 0 Å². The lowest BCUT2D eigenvalue weighted by molar-refractivity contribution is -0.147. The highest BCUT2D eigenvalue weighted by atomic mass is 35.5. The summed E-state index contributed by atoms with van der Waals surface area (Å²) in [5, 5.41) is 3.26. The van der Waals surface area contributed by atoms with Crippen molar-refractivity contribution in [2.45, 2.75) is 13.0 Å². The van der Waals surface area contributed by atoms with Gasteiger partial charge in [-0.3, -0.25) is 9.59 Å². The van der Waals surface area contributed by atoms with Crippen LogP contribution >= 0.6 is 11.6 Å². The molecule has 0 spiro atoms. The first-order valence-corrected chi connectivity index (χ1v) is 7.32. The van der Waals surface area contributed by atoms with Crippen LogP contribution in [0.25, 0.3) is 0 Å². The number of esters is 1. The number of hydrogen-bond donors (Lipinski definition) is 1. The Bertz CT molecular complexity index is 671. The first-order chi connectivity index (χ1) is 11.0. The summed E-state index contributed by atoms with van der Waals surface area (Å²) in [7, 11) is 0. The lowest BCUT2D eigenvalue weighted by Gasteiger charge is -2.07. The molecule has 6 heteroatoms. The number of ether oxygens (including phenoxy) is 1. The van der Waals surface area contributed by atoms with Crippen molar-refractivity contribution in [3.8, 4) is 0 Å². The molecule has 0 radical (unpaired) electrons. The molecule has 4 nitrogen and oxygen atoms in total. The Morgan fingerprint density at radius 3 is 2.26 bits per heavy atom. The van der Waals surface area contributed by atoms with Gasteiger partial charge in [-0.25, -0.2) is 4.39 Å². The van der Waals surface area contributed by atoms with E-state index in [1.54, 1.807) is 24.3 Å². The van der Waals surface area contributed by atoms with E-state index in [4.69, 9.17) is 16.3 Å². The molecular weight excluding hydrogens is 321 g/mol. The highest BCUT2D eigenvalue weighted by molar-refractivity contribution is 6.30. The fourth-order valence-corrected chi connectivity index (χ4v) is 1.95. The monoisotopic (exact) mass is 335 g/mol. The van der Waals surface area contributed by atoms with Crippen molar-refractivity contribution in [1.82, 2.24) is 5.32 Å². The summed E-state index contributed by atoms with van der Waals surface area (Å²) in [6, 6.07) is 12.6. The molecule has 120 valence electrons. The van der Waals surface area contributed by atoms with Gasteiger partial charge in [0.15, 0.2) is 6.61 Å². The van der Waals surface area contributed by atoms with Crippen LogP contribution in [0.3, 0.4) is 0 Å². The number of rotatable bonds is 6. The quantitative estimate of drug-likeness (QED) is 0.826. The summed E-state index contributed by atoms with van der Waals surface area (Å²) in [5.74, 6) is -1.31. The molecular formula is C17H15ClFNO3. The maximum atomic E-state index is 12.7. The molecule has 2 rings (SSSR count). The largest absolute Gasteiger partial charge is 0.455 e. The Morgan fingerprint density at radius 1 is 1.00 bits per heavy atom. The topological polar surface area (TPSA) is 55.4 Å². The first-order valence-electron chi connectivity index (χ1n) is 6.94. The van der Waals surface area contributed by atoms with Gasteiger partial charge >= 0.3 is 5.97 Å². The minimum Gasteiger partial charge on any atom is -0.455 e. The van der Waals surface area contributed by atoms with Crippen LogP contribution in [0.2, 0.25) is 5.02 Å². The number of nitrogens with one attached hydrogen (secondary N) is 1. The number of halogens is 2. The van der Waals surface area contributed by atoms with E-state index in [1.165, 1.54) is 24.3 Å². The predicted octanol–water partition coefficient (Wildman–Crippen LogP) is 2.88. The minimum atomic E-state index is -0.543. The summed E-state index contributed by atoms with van der Waals surface area (Å²) < 4.78 is 17.6. The molecule has 0 aliphatic heterocycles. The minimum absolute atomic E-state index is 0.00918. The van der Waals surface area contributed by atoms with Crippen LogP contribution in [0, 0.1) is 5.82 Å². The Labute approximate surface area is 138 Å². The Morgan fingerprint density at radius 2 is 1.61 bits per heavy atom. The van der Waals surface area contributed by atoms with Crippen molar-refractivity contribution in [3.05, 3.63) is 70.5 Å². The third kappa shape index (κ3) is 6.08. The second kappa shape index (κ2) is 8.29. The molecule has 0 heterocycles. The van der Waals surface area contributed by atoms with Crippen LogP contribution in [0.4, 0.5) is 4.39 Å². The van der Waals surface area contributed by atoms with Gasteiger partial charge in [0.05, 0.1) is 6.42 Å². The molecule has 2 aromatic carbocycles. The number of hydrogen-bond acceptors (Lipinski definition) is 3. The van der Waals surface area contributed by atoms with Gasteiger partial charge in [0.1, 0.15) is 5.82 Å². The van der Waals surface area contributed by atoms with E-state index in [0.29, 0.717) is 17.1 Å². The summed E-state index contributed by atoms with van der Waals surface area (Å²) in [6.45, 7) is -0.0286. The van der Waals surface area contributed by atoms with Gasteiger partial charge in [-0.15, -0.1) is 0 Å². The molecule has 23 heavy (non-hydrogen) atoms. The SMILES string of the molecule is O=C(COC(=O)Cc1ccc(F)cc1)NCc1ccc(Cl)cc1. The Kier molecular flexibility index (Phi) is 6.11. The van der Waals surface area contributed by atoms with Gasteiger partial charge in [-0.1, -0.05) is 35.9 Å². The number of benzene rings is 2. The zero-order chi connectivity index (χ0) is 16.7. The van der Waals surface area contributed by atoms with Crippen LogP contribution in [0.5, 0.6) is 0 Å². The normalized spacial score (nSPS) is 10.2. The van der Waals surface area contributed by atoms with Crippen LogP contribution in [0.1, 0.15) is 11.1 Å². The average molecular weight is 336 g/mol. The molecule has 1 amide bonds. The molecule has 0 atom stereocenters. The average Bonchev–Trinajstić information content (AvgIpc) is 2.54. The van der Waals surface area contributed by atoms with E-state index < -0.39 is 11.9 Å². The predicted molar refractivity (Wildman–Crippen MR) is 84.4 cm³/mol. The Balaban J connectivity index is 1.70. The third-order valence-corrected chi connectivity index (χ3v) is 3.28. The number of carbonyl (C=O) groups excluding carboxylic acids is 2. The molecule has 0 bridgehead atoms. The molecule has 0 aromatic heterocycles. The van der Waals surface area contributed by atoms with Crippen LogP contribution in [-0.4, -0.2) is 18.5 Å². The molecule has 0 saturated heterocycles. The maximum Gasteiger partial charge on any atom is 0.310 e. The van der Waals surface area contributed by atoms with Gasteiger partial charge in [0.25, 0.3) is 5.91 Å². The van der Waals surface area contributed by atoms with Crippen LogP contribution in [0.15, 0.2) is 48.5 Å². The smallest absolute Gasteiger partial charge is 0.310 e. The molecule has 1 N–H and O–H groups in total. The van der Waals surface area contributed by atoms with Gasteiger partial charge in [-0.2, -0.15) is 0 Å². The van der Waals surface area contributed by atoms with Crippen molar-refractivity contribution in [3.63, 3.8) is 0 Å². The van der Waals surface area contributed by atoms with E-state index in [1.807, 2.05) is 0 Å². The highest BCUT2D eigenvalue weighted by Crippen LogP contribution is 2.09. The van der Waals surface area contributed by atoms with E-state index in [9.17, 15) is 14.0 Å². The van der Waals surface area contributed by atoms with Crippen LogP contribution < -0.4 is 5.32 Å². The molecule has 0 aliphatic rings. The fraction of sp³-hybridized carbons (Fsp3) is 0.176. The van der Waals surface area contributed by atoms with Crippen molar-refractivity contribution in [1.29, 1.82) is 0 Å². The summed E-state index contributed by atoms with van der Waals surface area (Å²) in [6.07, 6.45) is -0.00918. The zero-order valence-corrected chi connectivity index (χ0v) is 13.0. The maximum absolute atomic E-state index is 12.7. The van der Waals surface area contributed by atoms with E-state index >= 15 is 0 Å². The number of carbonyl (C=O) groups is 2. The van der Waals surface area contributed by atoms with Gasteiger partial charge in [0.2, 0.25) is 0 Å². The lowest BCUT2D eigenvalue weighted by atomic mass is 10.1. The summed E-state index contributed by atoms with van der Waals surface area (Å²) in [4.78, 5) is 23.2.